The molecule has 0 fully saturated rings. The van der Waals surface area contributed by atoms with Crippen LogP contribution in [0.2, 0.25) is 0 Å². The molecule has 20 heavy (non-hydrogen) atoms. The van der Waals surface area contributed by atoms with Crippen molar-refractivity contribution in [2.24, 2.45) is 10.9 Å². The van der Waals surface area contributed by atoms with Crippen LogP contribution >= 0.6 is 24.0 Å². The van der Waals surface area contributed by atoms with Crippen LogP contribution in [-0.4, -0.2) is 50.5 Å². The molecular weight excluding hydrogens is 367 g/mol. The smallest absolute Gasteiger partial charge is 0.223 e. The average Bonchev–Trinajstić information content (AvgIpc) is 2.34. The van der Waals surface area contributed by atoms with Crippen molar-refractivity contribution in [1.82, 2.24) is 15.5 Å². The fourth-order valence-electron chi connectivity index (χ4n) is 1.59. The maximum absolute atomic E-state index is 11.4. The van der Waals surface area contributed by atoms with Crippen molar-refractivity contribution in [3.8, 4) is 0 Å². The lowest BCUT2D eigenvalue weighted by Gasteiger charge is -2.19. The number of carbonyl (C=O) groups excluding carboxylic acids is 1. The van der Waals surface area contributed by atoms with Crippen molar-refractivity contribution in [3.63, 3.8) is 0 Å². The van der Waals surface area contributed by atoms with Gasteiger partial charge in [-0.05, 0) is 25.7 Å². The normalized spacial score (nSPS) is 12.7. The first-order chi connectivity index (χ1) is 8.86. The number of guanidine groups is 1. The van der Waals surface area contributed by atoms with E-state index in [4.69, 9.17) is 0 Å². The van der Waals surface area contributed by atoms with Crippen molar-refractivity contribution in [2.45, 2.75) is 46.1 Å². The first-order valence-electron chi connectivity index (χ1n) is 7.04. The van der Waals surface area contributed by atoms with Crippen molar-refractivity contribution in [2.75, 3.05) is 27.7 Å². The molecular formula is C14H31IN4O. The second-order valence-corrected chi connectivity index (χ2v) is 5.55. The van der Waals surface area contributed by atoms with Gasteiger partial charge < -0.3 is 15.5 Å². The first kappa shape index (κ1) is 21.8. The van der Waals surface area contributed by atoms with Gasteiger partial charge in [-0.25, -0.2) is 0 Å². The van der Waals surface area contributed by atoms with Gasteiger partial charge in [-0.2, -0.15) is 0 Å². The molecule has 0 spiro atoms. The van der Waals surface area contributed by atoms with Gasteiger partial charge in [0, 0.05) is 40.2 Å². The average molecular weight is 398 g/mol. The lowest BCUT2D eigenvalue weighted by molar-refractivity contribution is -0.128. The van der Waals surface area contributed by atoms with Gasteiger partial charge in [-0.3, -0.25) is 9.79 Å². The Morgan fingerprint density at radius 3 is 2.25 bits per heavy atom. The lowest BCUT2D eigenvalue weighted by atomic mass is 10.0. The monoisotopic (exact) mass is 398 g/mol. The fraction of sp³-hybridized carbons (Fsp3) is 0.857. The predicted octanol–water partition coefficient (Wildman–Crippen LogP) is 2.07. The Bertz CT molecular complexity index is 293. The van der Waals surface area contributed by atoms with E-state index in [0.29, 0.717) is 19.0 Å². The van der Waals surface area contributed by atoms with Crippen molar-refractivity contribution >= 4 is 35.8 Å². The van der Waals surface area contributed by atoms with Crippen LogP contribution in [0.25, 0.3) is 0 Å². The summed E-state index contributed by atoms with van der Waals surface area (Å²) in [5.41, 5.74) is 0. The van der Waals surface area contributed by atoms with E-state index in [9.17, 15) is 4.79 Å². The van der Waals surface area contributed by atoms with Crippen LogP contribution in [0, 0.1) is 5.92 Å². The molecule has 1 amide bonds. The van der Waals surface area contributed by atoms with Crippen LogP contribution in [0.1, 0.15) is 40.0 Å². The minimum Gasteiger partial charge on any atom is -0.356 e. The standard InChI is InChI=1S/C14H30N4O.HI/c1-11(2)7-8-12(3)17-14(15-4)16-10-9-13(19)18(5)6;/h11-12H,7-10H2,1-6H3,(H2,15,16,17);1H. The molecule has 5 nitrogen and oxygen atoms in total. The lowest BCUT2D eigenvalue weighted by Crippen LogP contribution is -2.43. The molecule has 0 aliphatic carbocycles. The molecule has 120 valence electrons. The second-order valence-electron chi connectivity index (χ2n) is 5.55. The molecule has 0 aromatic carbocycles. The molecule has 0 saturated carbocycles. The molecule has 0 radical (unpaired) electrons. The number of carbonyl (C=O) groups is 1. The molecule has 0 aromatic heterocycles. The third-order valence-electron chi connectivity index (χ3n) is 2.91. The van der Waals surface area contributed by atoms with Gasteiger partial charge in [0.2, 0.25) is 5.91 Å². The highest BCUT2D eigenvalue weighted by Gasteiger charge is 2.07. The molecule has 0 aromatic rings. The van der Waals surface area contributed by atoms with E-state index < -0.39 is 0 Å². The number of hydrogen-bond donors (Lipinski definition) is 2. The predicted molar refractivity (Wildman–Crippen MR) is 96.8 cm³/mol. The summed E-state index contributed by atoms with van der Waals surface area (Å²) in [6, 6.07) is 0.387. The highest BCUT2D eigenvalue weighted by atomic mass is 127. The molecule has 0 saturated heterocycles. The van der Waals surface area contributed by atoms with E-state index in [1.54, 1.807) is 26.0 Å². The SMILES string of the molecule is CN=C(NCCC(=O)N(C)C)NC(C)CCC(C)C.I. The van der Waals surface area contributed by atoms with E-state index >= 15 is 0 Å². The zero-order valence-corrected chi connectivity index (χ0v) is 16.0. The molecule has 1 unspecified atom stereocenters. The number of rotatable bonds is 7. The van der Waals surface area contributed by atoms with E-state index in [-0.39, 0.29) is 29.9 Å². The van der Waals surface area contributed by atoms with Gasteiger partial charge in [-0.1, -0.05) is 13.8 Å². The topological polar surface area (TPSA) is 56.7 Å². The van der Waals surface area contributed by atoms with Crippen molar-refractivity contribution < 1.29 is 4.79 Å². The highest BCUT2D eigenvalue weighted by molar-refractivity contribution is 14.0. The third kappa shape index (κ3) is 11.3. The van der Waals surface area contributed by atoms with Crippen LogP contribution in [-0.2, 0) is 4.79 Å². The molecule has 0 heterocycles. The molecule has 1 atom stereocenters. The Kier molecular flexibility index (Phi) is 13.3. The van der Waals surface area contributed by atoms with Gasteiger partial charge in [-0.15, -0.1) is 24.0 Å². The van der Waals surface area contributed by atoms with Gasteiger partial charge in [0.25, 0.3) is 0 Å². The summed E-state index contributed by atoms with van der Waals surface area (Å²) in [5.74, 6) is 1.61. The van der Waals surface area contributed by atoms with Gasteiger partial charge in [0.1, 0.15) is 0 Å². The molecule has 0 bridgehead atoms. The quantitative estimate of drug-likeness (QED) is 0.392. The van der Waals surface area contributed by atoms with Crippen LogP contribution in [0.15, 0.2) is 4.99 Å². The summed E-state index contributed by atoms with van der Waals surface area (Å²) in [5, 5.41) is 6.50. The molecule has 0 rings (SSSR count). The largest absolute Gasteiger partial charge is 0.356 e. The Labute approximate surface area is 141 Å². The van der Waals surface area contributed by atoms with Crippen LogP contribution in [0.4, 0.5) is 0 Å². The summed E-state index contributed by atoms with van der Waals surface area (Å²) in [4.78, 5) is 17.2. The van der Waals surface area contributed by atoms with Crippen LogP contribution < -0.4 is 10.6 Å². The van der Waals surface area contributed by atoms with Crippen LogP contribution in [0.3, 0.4) is 0 Å². The van der Waals surface area contributed by atoms with E-state index in [1.807, 2.05) is 0 Å². The summed E-state index contributed by atoms with van der Waals surface area (Å²) >= 11 is 0. The second kappa shape index (κ2) is 12.2. The maximum atomic E-state index is 11.4. The van der Waals surface area contributed by atoms with E-state index in [0.717, 1.165) is 18.3 Å². The summed E-state index contributed by atoms with van der Waals surface area (Å²) < 4.78 is 0. The minimum absolute atomic E-state index is 0. The Hall–Kier alpha value is -0.530. The molecule has 2 N–H and O–H groups in total. The van der Waals surface area contributed by atoms with Crippen molar-refractivity contribution in [3.05, 3.63) is 0 Å². The summed E-state index contributed by atoms with van der Waals surface area (Å²) in [7, 11) is 5.28. The third-order valence-corrected chi connectivity index (χ3v) is 2.91. The van der Waals surface area contributed by atoms with Gasteiger partial charge in [0.05, 0.1) is 0 Å². The first-order valence-corrected chi connectivity index (χ1v) is 7.04. The van der Waals surface area contributed by atoms with E-state index in [2.05, 4.69) is 36.4 Å². The number of nitrogens with one attached hydrogen (secondary N) is 2. The zero-order chi connectivity index (χ0) is 14.8. The van der Waals surface area contributed by atoms with Gasteiger partial charge >= 0.3 is 0 Å². The minimum atomic E-state index is 0. The van der Waals surface area contributed by atoms with Crippen molar-refractivity contribution in [1.29, 1.82) is 0 Å². The molecule has 0 aliphatic rings. The number of amides is 1. The summed E-state index contributed by atoms with van der Waals surface area (Å²) in [6.45, 7) is 7.22. The molecule has 6 heteroatoms. The number of halogens is 1. The van der Waals surface area contributed by atoms with Gasteiger partial charge in [0.15, 0.2) is 5.96 Å². The highest BCUT2D eigenvalue weighted by Crippen LogP contribution is 2.06. The fourth-order valence-corrected chi connectivity index (χ4v) is 1.59. The maximum Gasteiger partial charge on any atom is 0.223 e. The zero-order valence-electron chi connectivity index (χ0n) is 13.7. The van der Waals surface area contributed by atoms with E-state index in [1.165, 1.54) is 6.42 Å². The number of aliphatic imine (C=N–C) groups is 1. The Morgan fingerprint density at radius 2 is 1.80 bits per heavy atom. The van der Waals surface area contributed by atoms with Crippen LogP contribution in [0.5, 0.6) is 0 Å². The number of hydrogen-bond acceptors (Lipinski definition) is 2. The Morgan fingerprint density at radius 1 is 1.20 bits per heavy atom. The Balaban J connectivity index is 0. The number of nitrogens with zero attached hydrogens (tertiary/aromatic N) is 2. The molecule has 0 aliphatic heterocycles. The summed E-state index contributed by atoms with van der Waals surface area (Å²) in [6.07, 6.45) is 2.80.